The first kappa shape index (κ1) is 20.7. The maximum absolute atomic E-state index is 2.55. The van der Waals surface area contributed by atoms with Gasteiger partial charge < -0.3 is 0 Å². The summed E-state index contributed by atoms with van der Waals surface area (Å²) in [5, 5.41) is 0. The van der Waals surface area contributed by atoms with Crippen LogP contribution in [0.4, 0.5) is 0 Å². The van der Waals surface area contributed by atoms with Gasteiger partial charge in [-0.15, -0.1) is 0 Å². The minimum absolute atomic E-state index is 0.947. The van der Waals surface area contributed by atoms with E-state index in [-0.39, 0.29) is 0 Å². The summed E-state index contributed by atoms with van der Waals surface area (Å²) in [6.07, 6.45) is 0. The maximum Gasteiger partial charge on any atom is 0.0340 e. The Morgan fingerprint density at radius 2 is 1.48 bits per heavy atom. The fourth-order valence-corrected chi connectivity index (χ4v) is 4.79. The van der Waals surface area contributed by atoms with Crippen molar-refractivity contribution in [2.24, 2.45) is 0 Å². The van der Waals surface area contributed by atoms with Gasteiger partial charge in [-0.25, -0.2) is 12.9 Å². The van der Waals surface area contributed by atoms with Gasteiger partial charge >= 0.3 is 0 Å². The molecule has 4 nitrogen and oxygen atoms in total. The number of piperazine rings is 1. The van der Waals surface area contributed by atoms with E-state index in [1.807, 2.05) is 12.1 Å². The van der Waals surface area contributed by atoms with Gasteiger partial charge in [-0.1, -0.05) is 42.5 Å². The van der Waals surface area contributed by atoms with Crippen molar-refractivity contribution in [1.82, 2.24) is 17.8 Å². The molecule has 0 saturated carbocycles. The van der Waals surface area contributed by atoms with E-state index in [1.54, 1.807) is 11.9 Å². The van der Waals surface area contributed by atoms with Crippen LogP contribution in [0.2, 0.25) is 0 Å². The summed E-state index contributed by atoms with van der Waals surface area (Å²) in [6, 6.07) is 19.7. The standard InChI is InChI=1S/C21H30N4S2/c1-22(2)27-25-15-13-24(14-16-25)18-20-9-11-21(12-10-20)26-23(3)17-19-7-5-4-6-8-19/h4-12H,13-18H2,1-3H3. The van der Waals surface area contributed by atoms with Gasteiger partial charge in [0.2, 0.25) is 0 Å². The maximum atomic E-state index is 2.55. The Morgan fingerprint density at radius 1 is 0.815 bits per heavy atom. The molecule has 2 aromatic rings. The second kappa shape index (κ2) is 10.5. The Kier molecular flexibility index (Phi) is 8.06. The lowest BCUT2D eigenvalue weighted by molar-refractivity contribution is 0.187. The molecule has 2 aromatic carbocycles. The van der Waals surface area contributed by atoms with E-state index in [9.17, 15) is 0 Å². The van der Waals surface area contributed by atoms with Gasteiger partial charge in [0.15, 0.2) is 0 Å². The first-order valence-corrected chi connectivity index (χ1v) is 10.9. The van der Waals surface area contributed by atoms with Crippen LogP contribution in [0, 0.1) is 0 Å². The Labute approximate surface area is 172 Å². The first-order valence-electron chi connectivity index (χ1n) is 9.43. The Bertz CT molecular complexity index is 670. The molecule has 0 radical (unpaired) electrons. The van der Waals surface area contributed by atoms with E-state index < -0.39 is 0 Å². The average Bonchev–Trinajstić information content (AvgIpc) is 2.65. The zero-order chi connectivity index (χ0) is 19.1. The molecular weight excluding hydrogens is 372 g/mol. The van der Waals surface area contributed by atoms with Crippen molar-refractivity contribution in [2.45, 2.75) is 18.0 Å². The molecule has 0 unspecified atom stereocenters. The highest BCUT2D eigenvalue weighted by Gasteiger charge is 2.18. The third-order valence-electron chi connectivity index (χ3n) is 4.45. The van der Waals surface area contributed by atoms with Gasteiger partial charge in [-0.3, -0.25) is 4.90 Å². The van der Waals surface area contributed by atoms with Gasteiger partial charge in [0, 0.05) is 56.3 Å². The summed E-state index contributed by atoms with van der Waals surface area (Å²) >= 11 is 3.63. The monoisotopic (exact) mass is 402 g/mol. The number of nitrogens with zero attached hydrogens (tertiary/aromatic N) is 4. The summed E-state index contributed by atoms with van der Waals surface area (Å²) in [5.74, 6) is 0. The molecule has 1 saturated heterocycles. The van der Waals surface area contributed by atoms with Crippen LogP contribution in [0.15, 0.2) is 59.5 Å². The smallest absolute Gasteiger partial charge is 0.0340 e. The van der Waals surface area contributed by atoms with E-state index in [1.165, 1.54) is 16.0 Å². The fraction of sp³-hybridized carbons (Fsp3) is 0.429. The van der Waals surface area contributed by atoms with Gasteiger partial charge in [-0.05, 0) is 56.4 Å². The molecule has 0 spiro atoms. The summed E-state index contributed by atoms with van der Waals surface area (Å²) < 4.78 is 6.89. The van der Waals surface area contributed by atoms with E-state index >= 15 is 0 Å². The van der Waals surface area contributed by atoms with E-state index in [0.717, 1.165) is 39.3 Å². The van der Waals surface area contributed by atoms with Crippen molar-refractivity contribution < 1.29 is 0 Å². The molecular formula is C21H30N4S2. The van der Waals surface area contributed by atoms with Crippen molar-refractivity contribution in [2.75, 3.05) is 47.3 Å². The molecule has 146 valence electrons. The number of benzene rings is 2. The predicted molar refractivity (Wildman–Crippen MR) is 118 cm³/mol. The fourth-order valence-electron chi connectivity index (χ4n) is 3.17. The van der Waals surface area contributed by atoms with E-state index in [4.69, 9.17) is 0 Å². The Morgan fingerprint density at radius 3 is 2.11 bits per heavy atom. The highest BCUT2D eigenvalue weighted by Crippen LogP contribution is 2.24. The average molecular weight is 403 g/mol. The number of hydrogen-bond acceptors (Lipinski definition) is 6. The van der Waals surface area contributed by atoms with E-state index in [0.29, 0.717) is 0 Å². The molecule has 0 aliphatic carbocycles. The topological polar surface area (TPSA) is 13.0 Å². The molecule has 0 bridgehead atoms. The Hall–Kier alpha value is -1.02. The quantitative estimate of drug-likeness (QED) is 0.613. The molecule has 1 aliphatic rings. The zero-order valence-corrected chi connectivity index (χ0v) is 18.2. The molecule has 1 heterocycles. The van der Waals surface area contributed by atoms with Crippen LogP contribution in [-0.2, 0) is 13.1 Å². The molecule has 27 heavy (non-hydrogen) atoms. The second-order valence-electron chi connectivity index (χ2n) is 7.11. The predicted octanol–water partition coefficient (Wildman–Crippen LogP) is 4.07. The van der Waals surface area contributed by atoms with Crippen molar-refractivity contribution in [3.63, 3.8) is 0 Å². The molecule has 6 heteroatoms. The van der Waals surface area contributed by atoms with Crippen LogP contribution in [0.5, 0.6) is 0 Å². The van der Waals surface area contributed by atoms with Gasteiger partial charge in [0.05, 0.1) is 0 Å². The molecule has 3 rings (SSSR count). The lowest BCUT2D eigenvalue weighted by Gasteiger charge is -2.34. The number of hydrogen-bond donors (Lipinski definition) is 0. The van der Waals surface area contributed by atoms with Crippen molar-refractivity contribution >= 4 is 24.1 Å². The zero-order valence-electron chi connectivity index (χ0n) is 16.5. The molecule has 0 N–H and O–H groups in total. The second-order valence-corrected chi connectivity index (χ2v) is 9.79. The molecule has 0 amide bonds. The number of rotatable bonds is 8. The summed E-state index contributed by atoms with van der Waals surface area (Å²) in [4.78, 5) is 3.85. The SMILES string of the molecule is CN(C)SN1CCN(Cc2ccc(SN(C)Cc3ccccc3)cc2)CC1. The van der Waals surface area contributed by atoms with Gasteiger partial charge in [0.1, 0.15) is 0 Å². The third kappa shape index (κ3) is 7.14. The van der Waals surface area contributed by atoms with Gasteiger partial charge in [-0.2, -0.15) is 0 Å². The normalized spacial score (nSPS) is 16.3. The first-order chi connectivity index (χ1) is 13.1. The summed E-state index contributed by atoms with van der Waals surface area (Å²) in [5.41, 5.74) is 2.74. The van der Waals surface area contributed by atoms with Crippen LogP contribution in [0.25, 0.3) is 0 Å². The van der Waals surface area contributed by atoms with Crippen molar-refractivity contribution in [1.29, 1.82) is 0 Å². The third-order valence-corrected chi connectivity index (χ3v) is 6.30. The molecule has 0 aromatic heterocycles. The lowest BCUT2D eigenvalue weighted by atomic mass is 10.2. The summed E-state index contributed by atoms with van der Waals surface area (Å²) in [6.45, 7) is 6.52. The van der Waals surface area contributed by atoms with Crippen LogP contribution in [0.1, 0.15) is 11.1 Å². The van der Waals surface area contributed by atoms with Crippen LogP contribution in [0.3, 0.4) is 0 Å². The van der Waals surface area contributed by atoms with Crippen molar-refractivity contribution in [3.8, 4) is 0 Å². The highest BCUT2D eigenvalue weighted by atomic mass is 32.2. The molecule has 1 fully saturated rings. The minimum atomic E-state index is 0.947. The highest BCUT2D eigenvalue weighted by molar-refractivity contribution is 7.97. The van der Waals surface area contributed by atoms with Crippen LogP contribution in [-0.4, -0.2) is 65.1 Å². The molecule has 0 atom stereocenters. The largest absolute Gasteiger partial charge is 0.296 e. The van der Waals surface area contributed by atoms with Gasteiger partial charge in [0.25, 0.3) is 0 Å². The molecule has 1 aliphatic heterocycles. The lowest BCUT2D eigenvalue weighted by Crippen LogP contribution is -2.43. The van der Waals surface area contributed by atoms with Crippen molar-refractivity contribution in [3.05, 3.63) is 65.7 Å². The van der Waals surface area contributed by atoms with E-state index in [2.05, 4.69) is 93.6 Å². The minimum Gasteiger partial charge on any atom is -0.296 e. The van der Waals surface area contributed by atoms with Crippen LogP contribution < -0.4 is 0 Å². The summed E-state index contributed by atoms with van der Waals surface area (Å²) in [7, 11) is 6.36. The Balaban J connectivity index is 1.44. The van der Waals surface area contributed by atoms with Crippen LogP contribution >= 0.6 is 24.1 Å².